The minimum Gasteiger partial charge on any atom is -0.491 e. The van der Waals surface area contributed by atoms with Gasteiger partial charge in [0.25, 0.3) is 0 Å². The third-order valence-electron chi connectivity index (χ3n) is 4.40. The van der Waals surface area contributed by atoms with Crippen LogP contribution in [-0.2, 0) is 13.0 Å². The van der Waals surface area contributed by atoms with Crippen molar-refractivity contribution >= 4 is 0 Å². The topological polar surface area (TPSA) is 76.9 Å². The van der Waals surface area contributed by atoms with E-state index in [0.717, 1.165) is 36.8 Å². The Bertz CT molecular complexity index is 768. The summed E-state index contributed by atoms with van der Waals surface area (Å²) >= 11 is 0. The van der Waals surface area contributed by atoms with E-state index < -0.39 is 6.10 Å². The molecule has 0 radical (unpaired) electrons. The fraction of sp³-hybridized carbons (Fsp3) is 0.444. The van der Waals surface area contributed by atoms with Crippen LogP contribution in [-0.4, -0.2) is 52.6 Å². The van der Waals surface area contributed by atoms with Crippen molar-refractivity contribution < 1.29 is 19.3 Å². The molecule has 0 aliphatic carbocycles. The predicted molar refractivity (Wildman–Crippen MR) is 89.8 cm³/mol. The Morgan fingerprint density at radius 1 is 1.32 bits per heavy atom. The zero-order chi connectivity index (χ0) is 17.2. The molecular formula is C18H21N3O4. The third kappa shape index (κ3) is 3.67. The molecule has 4 rings (SSSR count). The smallest absolute Gasteiger partial charge is 0.231 e. The number of aromatic nitrogens is 2. The van der Waals surface area contributed by atoms with E-state index in [0.29, 0.717) is 18.0 Å². The van der Waals surface area contributed by atoms with Gasteiger partial charge in [0.1, 0.15) is 24.3 Å². The van der Waals surface area contributed by atoms with E-state index in [4.69, 9.17) is 14.2 Å². The number of hydrogen-bond donors (Lipinski definition) is 1. The lowest BCUT2D eigenvalue weighted by molar-refractivity contribution is 0.0631. The lowest BCUT2D eigenvalue weighted by Gasteiger charge is -2.29. The summed E-state index contributed by atoms with van der Waals surface area (Å²) in [4.78, 5) is 11.0. The van der Waals surface area contributed by atoms with Crippen molar-refractivity contribution in [1.29, 1.82) is 0 Å². The summed E-state index contributed by atoms with van der Waals surface area (Å²) in [6.07, 6.45) is 2.24. The molecule has 0 amide bonds. The Morgan fingerprint density at radius 3 is 3.12 bits per heavy atom. The molecule has 0 fully saturated rings. The van der Waals surface area contributed by atoms with Crippen LogP contribution in [0.4, 0.5) is 0 Å². The SMILES string of the molecule is Cc1ncc2c(n1)CN(CC(O)COc1ccc3c(c1)OCO3)CC2. The predicted octanol–water partition coefficient (Wildman–Crippen LogP) is 1.31. The normalized spacial score (nSPS) is 17.2. The van der Waals surface area contributed by atoms with Crippen molar-refractivity contribution in [3.05, 3.63) is 41.5 Å². The summed E-state index contributed by atoms with van der Waals surface area (Å²) in [5.74, 6) is 2.84. The number of nitrogens with zero attached hydrogens (tertiary/aromatic N) is 3. The molecule has 1 aromatic heterocycles. The number of hydrogen-bond acceptors (Lipinski definition) is 7. The quantitative estimate of drug-likeness (QED) is 0.877. The highest BCUT2D eigenvalue weighted by molar-refractivity contribution is 5.46. The lowest BCUT2D eigenvalue weighted by atomic mass is 10.1. The Morgan fingerprint density at radius 2 is 2.20 bits per heavy atom. The fourth-order valence-corrected chi connectivity index (χ4v) is 3.12. The molecule has 1 atom stereocenters. The number of ether oxygens (including phenoxy) is 3. The molecule has 2 aromatic rings. The highest BCUT2D eigenvalue weighted by atomic mass is 16.7. The van der Waals surface area contributed by atoms with Gasteiger partial charge in [0.2, 0.25) is 6.79 Å². The fourth-order valence-electron chi connectivity index (χ4n) is 3.12. The van der Waals surface area contributed by atoms with Crippen LogP contribution in [0.2, 0.25) is 0 Å². The molecule has 0 spiro atoms. The first-order valence-corrected chi connectivity index (χ1v) is 8.41. The summed E-state index contributed by atoms with van der Waals surface area (Å²) in [7, 11) is 0. The Hall–Kier alpha value is -2.38. The van der Waals surface area contributed by atoms with Gasteiger partial charge in [-0.05, 0) is 31.0 Å². The standard InChI is InChI=1S/C18H21N3O4/c1-12-19-7-13-4-5-21(9-16(13)20-12)8-14(22)10-23-15-2-3-17-18(6-15)25-11-24-17/h2-3,6-7,14,22H,4-5,8-11H2,1H3. The van der Waals surface area contributed by atoms with Crippen LogP contribution in [0.25, 0.3) is 0 Å². The van der Waals surface area contributed by atoms with E-state index in [1.165, 1.54) is 5.56 Å². The molecule has 3 heterocycles. The number of aryl methyl sites for hydroxylation is 1. The zero-order valence-electron chi connectivity index (χ0n) is 14.1. The molecule has 0 bridgehead atoms. The van der Waals surface area contributed by atoms with Gasteiger partial charge in [-0.15, -0.1) is 0 Å². The van der Waals surface area contributed by atoms with Crippen molar-refractivity contribution in [3.8, 4) is 17.2 Å². The lowest BCUT2D eigenvalue weighted by Crippen LogP contribution is -2.39. The molecule has 1 unspecified atom stereocenters. The summed E-state index contributed by atoms with van der Waals surface area (Å²) in [6, 6.07) is 5.41. The average Bonchev–Trinajstić information content (AvgIpc) is 3.07. The second kappa shape index (κ2) is 6.85. The molecule has 2 aliphatic heterocycles. The van der Waals surface area contributed by atoms with Crippen molar-refractivity contribution in [2.24, 2.45) is 0 Å². The highest BCUT2D eigenvalue weighted by Crippen LogP contribution is 2.35. The van der Waals surface area contributed by atoms with Crippen LogP contribution in [0.3, 0.4) is 0 Å². The Labute approximate surface area is 146 Å². The summed E-state index contributed by atoms with van der Waals surface area (Å²) in [6.45, 7) is 4.54. The minimum absolute atomic E-state index is 0.228. The van der Waals surface area contributed by atoms with Crippen LogP contribution < -0.4 is 14.2 Å². The maximum atomic E-state index is 10.3. The largest absolute Gasteiger partial charge is 0.491 e. The van der Waals surface area contributed by atoms with Crippen LogP contribution in [0.15, 0.2) is 24.4 Å². The van der Waals surface area contributed by atoms with Crippen LogP contribution in [0.5, 0.6) is 17.2 Å². The zero-order valence-corrected chi connectivity index (χ0v) is 14.1. The molecule has 7 nitrogen and oxygen atoms in total. The number of fused-ring (bicyclic) bond motifs is 2. The second-order valence-electron chi connectivity index (χ2n) is 6.35. The van der Waals surface area contributed by atoms with E-state index >= 15 is 0 Å². The first-order valence-electron chi connectivity index (χ1n) is 8.41. The van der Waals surface area contributed by atoms with Gasteiger partial charge >= 0.3 is 0 Å². The van der Waals surface area contributed by atoms with Gasteiger partial charge < -0.3 is 19.3 Å². The number of aliphatic hydroxyl groups excluding tert-OH is 1. The number of benzene rings is 1. The van der Waals surface area contributed by atoms with E-state index in [9.17, 15) is 5.11 Å². The average molecular weight is 343 g/mol. The summed E-state index contributed by atoms with van der Waals surface area (Å²) < 4.78 is 16.3. The van der Waals surface area contributed by atoms with Crippen molar-refractivity contribution in [2.75, 3.05) is 26.5 Å². The molecule has 2 aliphatic rings. The van der Waals surface area contributed by atoms with Crippen molar-refractivity contribution in [3.63, 3.8) is 0 Å². The molecule has 1 aromatic carbocycles. The molecule has 0 saturated heterocycles. The summed E-state index contributed by atoms with van der Waals surface area (Å²) in [5, 5.41) is 10.3. The van der Waals surface area contributed by atoms with E-state index in [1.807, 2.05) is 25.3 Å². The van der Waals surface area contributed by atoms with Crippen LogP contribution in [0.1, 0.15) is 17.1 Å². The maximum absolute atomic E-state index is 10.3. The molecule has 7 heteroatoms. The first kappa shape index (κ1) is 16.1. The van der Waals surface area contributed by atoms with E-state index in [1.54, 1.807) is 6.07 Å². The number of aliphatic hydroxyl groups is 1. The van der Waals surface area contributed by atoms with Gasteiger partial charge in [0.05, 0.1) is 5.69 Å². The van der Waals surface area contributed by atoms with Gasteiger partial charge in [0, 0.05) is 31.9 Å². The molecular weight excluding hydrogens is 322 g/mol. The van der Waals surface area contributed by atoms with E-state index in [-0.39, 0.29) is 13.4 Å². The second-order valence-corrected chi connectivity index (χ2v) is 6.35. The molecule has 1 N–H and O–H groups in total. The number of rotatable bonds is 5. The Balaban J connectivity index is 1.30. The molecule has 0 saturated carbocycles. The van der Waals surface area contributed by atoms with Gasteiger partial charge in [-0.1, -0.05) is 0 Å². The highest BCUT2D eigenvalue weighted by Gasteiger charge is 2.21. The van der Waals surface area contributed by atoms with Crippen molar-refractivity contribution in [2.45, 2.75) is 26.0 Å². The van der Waals surface area contributed by atoms with Gasteiger partial charge in [-0.25, -0.2) is 9.97 Å². The van der Waals surface area contributed by atoms with Gasteiger partial charge in [0.15, 0.2) is 11.5 Å². The molecule has 132 valence electrons. The van der Waals surface area contributed by atoms with Crippen molar-refractivity contribution in [1.82, 2.24) is 14.9 Å². The van der Waals surface area contributed by atoms with Gasteiger partial charge in [-0.3, -0.25) is 4.90 Å². The summed E-state index contributed by atoms with van der Waals surface area (Å²) in [5.41, 5.74) is 2.26. The van der Waals surface area contributed by atoms with Crippen LogP contribution in [0, 0.1) is 6.92 Å². The number of β-amino-alcohol motifs (C(OH)–C–C–N with tert-alkyl or cyclic N) is 1. The van der Waals surface area contributed by atoms with E-state index in [2.05, 4.69) is 14.9 Å². The van der Waals surface area contributed by atoms with Gasteiger partial charge in [-0.2, -0.15) is 0 Å². The van der Waals surface area contributed by atoms with Crippen LogP contribution >= 0.6 is 0 Å². The first-order chi connectivity index (χ1) is 12.2. The monoisotopic (exact) mass is 343 g/mol. The minimum atomic E-state index is -0.574. The maximum Gasteiger partial charge on any atom is 0.231 e. The third-order valence-corrected chi connectivity index (χ3v) is 4.40. The molecule has 25 heavy (non-hydrogen) atoms. The Kier molecular flexibility index (Phi) is 4.42.